The Morgan fingerprint density at radius 2 is 2.05 bits per heavy atom. The first-order valence-electron chi connectivity index (χ1n) is 7.48. The van der Waals surface area contributed by atoms with Crippen LogP contribution in [0, 0.1) is 5.92 Å². The average molecular weight is 279 g/mol. The van der Waals surface area contributed by atoms with Crippen molar-refractivity contribution in [3.05, 3.63) is 30.3 Å². The molecular weight excluding hydrogens is 254 g/mol. The molecule has 0 aliphatic carbocycles. The summed E-state index contributed by atoms with van der Waals surface area (Å²) < 4.78 is 5.66. The molecule has 0 amide bonds. The Morgan fingerprint density at radius 3 is 2.75 bits per heavy atom. The predicted octanol–water partition coefficient (Wildman–Crippen LogP) is 1.52. The van der Waals surface area contributed by atoms with E-state index in [-0.39, 0.29) is 18.6 Å². The minimum Gasteiger partial charge on any atom is -0.494 e. The number of aliphatic hydroxyl groups excluding tert-OH is 2. The number of piperidine rings is 1. The smallest absolute Gasteiger partial charge is 0.119 e. The van der Waals surface area contributed by atoms with Gasteiger partial charge in [-0.2, -0.15) is 0 Å². The van der Waals surface area contributed by atoms with Crippen LogP contribution in [0.3, 0.4) is 0 Å². The summed E-state index contributed by atoms with van der Waals surface area (Å²) in [5.74, 6) is 1.17. The Balaban J connectivity index is 1.61. The van der Waals surface area contributed by atoms with Gasteiger partial charge in [0.15, 0.2) is 0 Å². The molecule has 112 valence electrons. The van der Waals surface area contributed by atoms with Crippen molar-refractivity contribution in [3.63, 3.8) is 0 Å². The van der Waals surface area contributed by atoms with E-state index in [1.165, 1.54) is 0 Å². The molecule has 1 aliphatic heterocycles. The van der Waals surface area contributed by atoms with Crippen LogP contribution in [0.25, 0.3) is 0 Å². The summed E-state index contributed by atoms with van der Waals surface area (Å²) in [6.45, 7) is 3.56. The lowest BCUT2D eigenvalue weighted by Crippen LogP contribution is -2.44. The van der Waals surface area contributed by atoms with Crippen LogP contribution < -0.4 is 4.74 Å². The molecule has 1 aromatic rings. The number of rotatable bonds is 7. The van der Waals surface area contributed by atoms with Gasteiger partial charge in [-0.3, -0.25) is 0 Å². The number of para-hydroxylation sites is 1. The number of hydrogen-bond donors (Lipinski definition) is 2. The van der Waals surface area contributed by atoms with E-state index in [0.717, 1.165) is 38.2 Å². The van der Waals surface area contributed by atoms with Gasteiger partial charge in [-0.25, -0.2) is 0 Å². The second-order valence-corrected chi connectivity index (χ2v) is 5.44. The highest BCUT2D eigenvalue weighted by Crippen LogP contribution is 2.20. The van der Waals surface area contributed by atoms with Crippen LogP contribution in [0.15, 0.2) is 30.3 Å². The molecule has 20 heavy (non-hydrogen) atoms. The summed E-state index contributed by atoms with van der Waals surface area (Å²) >= 11 is 0. The van der Waals surface area contributed by atoms with Crippen molar-refractivity contribution in [2.24, 2.45) is 5.92 Å². The molecular formula is C16H25NO3. The molecule has 0 saturated carbocycles. The van der Waals surface area contributed by atoms with E-state index in [4.69, 9.17) is 9.84 Å². The quantitative estimate of drug-likeness (QED) is 0.743. The SMILES string of the molecule is OCCC1CCN(CCCOc2ccccc2)CC1O. The third-order valence-electron chi connectivity index (χ3n) is 3.94. The Hall–Kier alpha value is -1.10. The van der Waals surface area contributed by atoms with Crippen LogP contribution in [0.1, 0.15) is 19.3 Å². The molecule has 1 fully saturated rings. The van der Waals surface area contributed by atoms with Gasteiger partial charge in [0, 0.05) is 19.7 Å². The zero-order valence-electron chi connectivity index (χ0n) is 11.9. The number of nitrogens with zero attached hydrogens (tertiary/aromatic N) is 1. The molecule has 0 bridgehead atoms. The molecule has 1 aromatic carbocycles. The largest absolute Gasteiger partial charge is 0.494 e. The highest BCUT2D eigenvalue weighted by molar-refractivity contribution is 5.20. The second-order valence-electron chi connectivity index (χ2n) is 5.44. The summed E-state index contributed by atoms with van der Waals surface area (Å²) in [7, 11) is 0. The molecule has 4 heteroatoms. The van der Waals surface area contributed by atoms with Gasteiger partial charge < -0.3 is 19.8 Å². The van der Waals surface area contributed by atoms with E-state index < -0.39 is 0 Å². The zero-order chi connectivity index (χ0) is 14.2. The summed E-state index contributed by atoms with van der Waals surface area (Å²) in [6.07, 6.45) is 2.35. The number of likely N-dealkylation sites (tertiary alicyclic amines) is 1. The normalized spacial score (nSPS) is 23.7. The molecule has 2 unspecified atom stereocenters. The van der Waals surface area contributed by atoms with Crippen molar-refractivity contribution in [2.45, 2.75) is 25.4 Å². The topological polar surface area (TPSA) is 52.9 Å². The average Bonchev–Trinajstić information content (AvgIpc) is 2.48. The summed E-state index contributed by atoms with van der Waals surface area (Å²) in [4.78, 5) is 2.28. The van der Waals surface area contributed by atoms with Crippen LogP contribution in [-0.2, 0) is 0 Å². The first-order chi connectivity index (χ1) is 9.79. The number of β-amino-alcohol motifs (C(OH)–C–C–N with tert-alkyl or cyclic N) is 1. The highest BCUT2D eigenvalue weighted by atomic mass is 16.5. The highest BCUT2D eigenvalue weighted by Gasteiger charge is 2.26. The van der Waals surface area contributed by atoms with Gasteiger partial charge in [0.05, 0.1) is 12.7 Å². The fourth-order valence-corrected chi connectivity index (χ4v) is 2.75. The lowest BCUT2D eigenvalue weighted by atomic mass is 9.91. The molecule has 0 radical (unpaired) electrons. The summed E-state index contributed by atoms with van der Waals surface area (Å²) in [5, 5.41) is 19.0. The third-order valence-corrected chi connectivity index (χ3v) is 3.94. The minimum atomic E-state index is -0.300. The number of aliphatic hydroxyl groups is 2. The van der Waals surface area contributed by atoms with Crippen LogP contribution in [-0.4, -0.2) is 54.1 Å². The van der Waals surface area contributed by atoms with Gasteiger partial charge in [-0.05, 0) is 43.9 Å². The van der Waals surface area contributed by atoms with Crippen LogP contribution >= 0.6 is 0 Å². The van der Waals surface area contributed by atoms with Crippen LogP contribution in [0.4, 0.5) is 0 Å². The fraction of sp³-hybridized carbons (Fsp3) is 0.625. The predicted molar refractivity (Wildman–Crippen MR) is 78.8 cm³/mol. The lowest BCUT2D eigenvalue weighted by Gasteiger charge is -2.35. The number of benzene rings is 1. The Morgan fingerprint density at radius 1 is 1.25 bits per heavy atom. The molecule has 1 aliphatic rings. The maximum atomic E-state index is 10.0. The van der Waals surface area contributed by atoms with Crippen LogP contribution in [0.5, 0.6) is 5.75 Å². The molecule has 0 spiro atoms. The Labute approximate surface area is 121 Å². The van der Waals surface area contributed by atoms with Crippen LogP contribution in [0.2, 0.25) is 0 Å². The molecule has 2 rings (SSSR count). The maximum Gasteiger partial charge on any atom is 0.119 e. The lowest BCUT2D eigenvalue weighted by molar-refractivity contribution is 0.0106. The van der Waals surface area contributed by atoms with Crippen molar-refractivity contribution in [1.29, 1.82) is 0 Å². The maximum absolute atomic E-state index is 10.0. The van der Waals surface area contributed by atoms with E-state index in [9.17, 15) is 5.11 Å². The van der Waals surface area contributed by atoms with Crippen molar-refractivity contribution < 1.29 is 14.9 Å². The van der Waals surface area contributed by atoms with Crippen molar-refractivity contribution in [1.82, 2.24) is 4.90 Å². The molecule has 0 aromatic heterocycles. The summed E-state index contributed by atoms with van der Waals surface area (Å²) in [5.41, 5.74) is 0. The molecule has 2 atom stereocenters. The molecule has 1 saturated heterocycles. The first-order valence-corrected chi connectivity index (χ1v) is 7.48. The standard InChI is InChI=1S/C16H25NO3/c18-11-8-14-7-10-17(13-16(14)19)9-4-12-20-15-5-2-1-3-6-15/h1-3,5-6,14,16,18-19H,4,7-13H2. The molecule has 1 heterocycles. The van der Waals surface area contributed by atoms with E-state index in [2.05, 4.69) is 4.90 Å². The van der Waals surface area contributed by atoms with Gasteiger partial charge in [0.2, 0.25) is 0 Å². The number of ether oxygens (including phenoxy) is 1. The van der Waals surface area contributed by atoms with E-state index in [0.29, 0.717) is 13.0 Å². The second kappa shape index (κ2) is 8.25. The molecule has 2 N–H and O–H groups in total. The Bertz CT molecular complexity index is 371. The van der Waals surface area contributed by atoms with Gasteiger partial charge in [0.1, 0.15) is 5.75 Å². The fourth-order valence-electron chi connectivity index (χ4n) is 2.75. The molecule has 4 nitrogen and oxygen atoms in total. The van der Waals surface area contributed by atoms with Crippen molar-refractivity contribution in [3.8, 4) is 5.75 Å². The van der Waals surface area contributed by atoms with Gasteiger partial charge in [-0.15, -0.1) is 0 Å². The first kappa shape index (κ1) is 15.3. The van der Waals surface area contributed by atoms with Crippen molar-refractivity contribution in [2.75, 3.05) is 32.8 Å². The van der Waals surface area contributed by atoms with Gasteiger partial charge in [0.25, 0.3) is 0 Å². The minimum absolute atomic E-state index is 0.173. The van der Waals surface area contributed by atoms with E-state index in [1.54, 1.807) is 0 Å². The van der Waals surface area contributed by atoms with Gasteiger partial charge in [-0.1, -0.05) is 18.2 Å². The monoisotopic (exact) mass is 279 g/mol. The third kappa shape index (κ3) is 4.78. The number of hydrogen-bond acceptors (Lipinski definition) is 4. The summed E-state index contributed by atoms with van der Waals surface area (Å²) in [6, 6.07) is 9.84. The van der Waals surface area contributed by atoms with Crippen molar-refractivity contribution >= 4 is 0 Å². The van der Waals surface area contributed by atoms with E-state index >= 15 is 0 Å². The Kier molecular flexibility index (Phi) is 6.30. The zero-order valence-corrected chi connectivity index (χ0v) is 11.9. The van der Waals surface area contributed by atoms with Gasteiger partial charge >= 0.3 is 0 Å². The van der Waals surface area contributed by atoms with E-state index in [1.807, 2.05) is 30.3 Å².